The van der Waals surface area contributed by atoms with Gasteiger partial charge in [-0.15, -0.1) is 11.3 Å². The molecule has 0 aliphatic carbocycles. The highest BCUT2D eigenvalue weighted by atomic mass is 32.1. The number of nitrogens with zero attached hydrogens (tertiary/aromatic N) is 3. The van der Waals surface area contributed by atoms with Crippen LogP contribution in [0.25, 0.3) is 0 Å². The molecule has 2 aromatic heterocycles. The summed E-state index contributed by atoms with van der Waals surface area (Å²) in [7, 11) is 1.82. The number of benzene rings is 1. The van der Waals surface area contributed by atoms with Crippen molar-refractivity contribution >= 4 is 22.4 Å². The molecule has 0 bridgehead atoms. The highest BCUT2D eigenvalue weighted by molar-refractivity contribution is 7.13. The molecule has 3 rings (SSSR count). The van der Waals surface area contributed by atoms with E-state index in [4.69, 9.17) is 0 Å². The van der Waals surface area contributed by atoms with E-state index in [2.05, 4.69) is 20.7 Å². The summed E-state index contributed by atoms with van der Waals surface area (Å²) in [6.45, 7) is 0.0938. The quantitative estimate of drug-likeness (QED) is 0.719. The molecule has 1 amide bonds. The molecule has 0 radical (unpaired) electrons. The summed E-state index contributed by atoms with van der Waals surface area (Å²) in [5.41, 5.74) is 1.75. The summed E-state index contributed by atoms with van der Waals surface area (Å²) in [4.78, 5) is 16.1. The van der Waals surface area contributed by atoms with Crippen LogP contribution in [-0.2, 0) is 11.8 Å². The van der Waals surface area contributed by atoms with E-state index >= 15 is 0 Å². The van der Waals surface area contributed by atoms with Gasteiger partial charge in [0.1, 0.15) is 5.82 Å². The van der Waals surface area contributed by atoms with E-state index in [-0.39, 0.29) is 24.3 Å². The lowest BCUT2D eigenvalue weighted by Crippen LogP contribution is -2.31. The van der Waals surface area contributed by atoms with E-state index in [1.165, 1.54) is 23.5 Å². The highest BCUT2D eigenvalue weighted by Gasteiger charge is 2.17. The zero-order valence-electron chi connectivity index (χ0n) is 12.9. The molecule has 2 heterocycles. The van der Waals surface area contributed by atoms with Crippen LogP contribution in [0.2, 0.25) is 0 Å². The van der Waals surface area contributed by atoms with Gasteiger partial charge in [0.2, 0.25) is 5.91 Å². The number of carbonyl (C=O) groups excluding carboxylic acids is 1. The average Bonchev–Trinajstić information content (AvgIpc) is 3.21. The van der Waals surface area contributed by atoms with Gasteiger partial charge in [-0.05, 0) is 17.7 Å². The summed E-state index contributed by atoms with van der Waals surface area (Å²) in [5, 5.41) is 12.4. The van der Waals surface area contributed by atoms with Gasteiger partial charge in [-0.1, -0.05) is 12.1 Å². The number of halogens is 1. The normalized spacial score (nSPS) is 12.1. The number of hydrogen-bond donors (Lipinski definition) is 2. The minimum atomic E-state index is -0.301. The minimum absolute atomic E-state index is 0.0938. The first-order chi connectivity index (χ1) is 11.6. The highest BCUT2D eigenvalue weighted by Crippen LogP contribution is 2.21. The molecule has 24 heavy (non-hydrogen) atoms. The first kappa shape index (κ1) is 16.3. The Morgan fingerprint density at radius 1 is 1.33 bits per heavy atom. The summed E-state index contributed by atoms with van der Waals surface area (Å²) in [5.74, 6) is -0.494. The summed E-state index contributed by atoms with van der Waals surface area (Å²) in [6.07, 6.45) is 5.21. The van der Waals surface area contributed by atoms with Crippen molar-refractivity contribution in [3.63, 3.8) is 0 Å². The van der Waals surface area contributed by atoms with Gasteiger partial charge in [-0.2, -0.15) is 5.10 Å². The Balaban J connectivity index is 1.72. The molecule has 0 aliphatic heterocycles. The van der Waals surface area contributed by atoms with Crippen LogP contribution >= 0.6 is 11.3 Å². The summed E-state index contributed by atoms with van der Waals surface area (Å²) in [6, 6.07) is 5.92. The van der Waals surface area contributed by atoms with E-state index < -0.39 is 0 Å². The maximum atomic E-state index is 13.2. The van der Waals surface area contributed by atoms with E-state index in [1.807, 2.05) is 13.2 Å². The van der Waals surface area contributed by atoms with Gasteiger partial charge >= 0.3 is 0 Å². The van der Waals surface area contributed by atoms with Crippen molar-refractivity contribution in [1.82, 2.24) is 20.1 Å². The number of carbonyl (C=O) groups is 1. The lowest BCUT2D eigenvalue weighted by atomic mass is 10.0. The summed E-state index contributed by atoms with van der Waals surface area (Å²) >= 11 is 1.36. The van der Waals surface area contributed by atoms with Crippen LogP contribution in [0, 0.1) is 5.82 Å². The molecule has 0 aliphatic rings. The van der Waals surface area contributed by atoms with Crippen molar-refractivity contribution in [2.24, 2.45) is 7.05 Å². The molecule has 1 atom stereocenters. The molecule has 0 spiro atoms. The van der Waals surface area contributed by atoms with Crippen molar-refractivity contribution in [3.8, 4) is 0 Å². The number of aromatic nitrogens is 3. The van der Waals surface area contributed by atoms with E-state index in [9.17, 15) is 9.18 Å². The third-order valence-corrected chi connectivity index (χ3v) is 4.10. The van der Waals surface area contributed by atoms with Gasteiger partial charge in [0.25, 0.3) is 0 Å². The van der Waals surface area contributed by atoms with E-state index in [0.29, 0.717) is 5.13 Å². The Kier molecular flexibility index (Phi) is 4.97. The molecule has 2 N–H and O–H groups in total. The Morgan fingerprint density at radius 2 is 2.12 bits per heavy atom. The molecular weight excluding hydrogens is 329 g/mol. The second kappa shape index (κ2) is 7.33. The zero-order valence-corrected chi connectivity index (χ0v) is 13.8. The van der Waals surface area contributed by atoms with Gasteiger partial charge in [-0.3, -0.25) is 14.8 Å². The molecule has 124 valence electrons. The van der Waals surface area contributed by atoms with E-state index in [1.54, 1.807) is 34.6 Å². The third-order valence-electron chi connectivity index (χ3n) is 3.41. The number of amides is 1. The number of aryl methyl sites for hydroxylation is 1. The lowest BCUT2D eigenvalue weighted by Gasteiger charge is -2.17. The largest absolute Gasteiger partial charge is 0.301 e. The van der Waals surface area contributed by atoms with Crippen LogP contribution < -0.4 is 10.6 Å². The molecular formula is C16H16FN5OS. The fraction of sp³-hybridized carbons (Fsp3) is 0.188. The number of nitrogens with one attached hydrogen (secondary N) is 2. The van der Waals surface area contributed by atoms with Gasteiger partial charge < -0.3 is 5.32 Å². The van der Waals surface area contributed by atoms with Crippen LogP contribution in [0.3, 0.4) is 0 Å². The number of thiazole rings is 1. The first-order valence-corrected chi connectivity index (χ1v) is 8.16. The number of rotatable bonds is 6. The van der Waals surface area contributed by atoms with Crippen molar-refractivity contribution < 1.29 is 9.18 Å². The Labute approximate surface area is 142 Å². The monoisotopic (exact) mass is 345 g/mol. The standard InChI is InChI=1S/C16H16FN5OS/c1-22-10-12(8-20-22)15(11-2-4-13(17)5-3-11)19-9-14(23)21-16-18-6-7-24-16/h2-8,10,15,19H,9H2,1H3,(H,18,21,23)/t15-/m0/s1. The fourth-order valence-electron chi connectivity index (χ4n) is 2.32. The summed E-state index contributed by atoms with van der Waals surface area (Å²) < 4.78 is 14.9. The fourth-order valence-corrected chi connectivity index (χ4v) is 2.86. The van der Waals surface area contributed by atoms with E-state index in [0.717, 1.165) is 11.1 Å². The topological polar surface area (TPSA) is 71.8 Å². The minimum Gasteiger partial charge on any atom is -0.301 e. The predicted octanol–water partition coefficient (Wildman–Crippen LogP) is 2.33. The van der Waals surface area contributed by atoms with Crippen LogP contribution in [0.5, 0.6) is 0 Å². The maximum absolute atomic E-state index is 13.2. The van der Waals surface area contributed by atoms with Gasteiger partial charge in [-0.25, -0.2) is 9.37 Å². The smallest absolute Gasteiger partial charge is 0.240 e. The van der Waals surface area contributed by atoms with Crippen molar-refractivity contribution in [2.75, 3.05) is 11.9 Å². The van der Waals surface area contributed by atoms with Crippen LogP contribution in [0.4, 0.5) is 9.52 Å². The second-order valence-electron chi connectivity index (χ2n) is 5.20. The SMILES string of the molecule is Cn1cc([C@@H](NCC(=O)Nc2nccs2)c2ccc(F)cc2)cn1. The van der Waals surface area contributed by atoms with Gasteiger partial charge in [0, 0.05) is 30.4 Å². The van der Waals surface area contributed by atoms with Crippen LogP contribution in [0.15, 0.2) is 48.2 Å². The number of anilines is 1. The van der Waals surface area contributed by atoms with Crippen LogP contribution in [-0.4, -0.2) is 27.2 Å². The predicted molar refractivity (Wildman–Crippen MR) is 90.2 cm³/mol. The van der Waals surface area contributed by atoms with Crippen LogP contribution in [0.1, 0.15) is 17.2 Å². The molecule has 6 nitrogen and oxygen atoms in total. The second-order valence-corrected chi connectivity index (χ2v) is 6.09. The molecule has 8 heteroatoms. The molecule has 0 unspecified atom stereocenters. The van der Waals surface area contributed by atoms with Crippen molar-refractivity contribution in [2.45, 2.75) is 6.04 Å². The van der Waals surface area contributed by atoms with Gasteiger partial charge in [0.15, 0.2) is 5.13 Å². The van der Waals surface area contributed by atoms with Crippen molar-refractivity contribution in [3.05, 3.63) is 65.2 Å². The Morgan fingerprint density at radius 3 is 2.75 bits per heavy atom. The molecule has 0 fully saturated rings. The molecule has 1 aromatic carbocycles. The molecule has 0 saturated heterocycles. The lowest BCUT2D eigenvalue weighted by molar-refractivity contribution is -0.115. The molecule has 3 aromatic rings. The number of hydrogen-bond acceptors (Lipinski definition) is 5. The maximum Gasteiger partial charge on any atom is 0.240 e. The van der Waals surface area contributed by atoms with Gasteiger partial charge in [0.05, 0.1) is 18.8 Å². The average molecular weight is 345 g/mol. The first-order valence-electron chi connectivity index (χ1n) is 7.28. The molecule has 0 saturated carbocycles. The Hall–Kier alpha value is -2.58. The Bertz CT molecular complexity index is 800. The van der Waals surface area contributed by atoms with Crippen molar-refractivity contribution in [1.29, 1.82) is 0 Å². The third kappa shape index (κ3) is 4.03. The zero-order chi connectivity index (χ0) is 16.9.